The summed E-state index contributed by atoms with van der Waals surface area (Å²) in [5.74, 6) is 0.574. The van der Waals surface area contributed by atoms with Crippen molar-refractivity contribution in [3.8, 4) is 6.07 Å². The lowest BCUT2D eigenvalue weighted by Crippen LogP contribution is -2.46. The zero-order chi connectivity index (χ0) is 23.1. The summed E-state index contributed by atoms with van der Waals surface area (Å²) in [5.41, 5.74) is 2.87. The quantitative estimate of drug-likeness (QED) is 0.427. The van der Waals surface area contributed by atoms with E-state index in [1.54, 1.807) is 16.7 Å². The number of morpholine rings is 1. The predicted molar refractivity (Wildman–Crippen MR) is 132 cm³/mol. The SMILES string of the molecule is Cc1cccn2c(=O)c(/C=C(\C#N)c3nc4ccccc4s3)c(N3C[C@@H](C)O[C@@H](C)C3)nc12. The van der Waals surface area contributed by atoms with Gasteiger partial charge in [-0.25, -0.2) is 9.97 Å². The zero-order valence-corrected chi connectivity index (χ0v) is 19.5. The maximum atomic E-state index is 13.7. The molecule has 0 N–H and O–H groups in total. The van der Waals surface area contributed by atoms with Crippen LogP contribution in [0.5, 0.6) is 0 Å². The molecule has 0 aliphatic carbocycles. The molecule has 1 aromatic carbocycles. The number of hydrogen-bond acceptors (Lipinski definition) is 7. The molecule has 0 amide bonds. The van der Waals surface area contributed by atoms with E-state index in [4.69, 9.17) is 9.72 Å². The van der Waals surface area contributed by atoms with Crippen molar-refractivity contribution in [2.24, 2.45) is 0 Å². The number of nitrogens with zero attached hydrogens (tertiary/aromatic N) is 5. The Morgan fingerprint density at radius 2 is 1.94 bits per heavy atom. The Balaban J connectivity index is 1.74. The molecule has 1 aliphatic heterocycles. The third-order valence-electron chi connectivity index (χ3n) is 5.72. The number of hydrogen-bond donors (Lipinski definition) is 0. The molecule has 0 saturated carbocycles. The first-order valence-corrected chi connectivity index (χ1v) is 11.7. The summed E-state index contributed by atoms with van der Waals surface area (Å²) >= 11 is 1.44. The fraction of sp³-hybridized carbons (Fsp3) is 0.280. The fourth-order valence-electron chi connectivity index (χ4n) is 4.29. The van der Waals surface area contributed by atoms with Gasteiger partial charge in [-0.15, -0.1) is 11.3 Å². The van der Waals surface area contributed by atoms with Gasteiger partial charge in [-0.2, -0.15) is 5.26 Å². The Morgan fingerprint density at radius 3 is 2.67 bits per heavy atom. The molecular formula is C25H23N5O2S. The standard InChI is InChI=1S/C25H23N5O2S/c1-15-7-6-10-30-22(15)28-23(29-13-16(2)32-17(3)14-29)19(25(30)31)11-18(12-26)24-27-20-8-4-5-9-21(20)33-24/h4-11,16-17H,13-14H2,1-3H3/b18-11+/t16-,17+. The van der Waals surface area contributed by atoms with Crippen LogP contribution in [0.25, 0.3) is 27.5 Å². The molecule has 8 heteroatoms. The van der Waals surface area contributed by atoms with Crippen LogP contribution in [0.2, 0.25) is 0 Å². The van der Waals surface area contributed by atoms with Gasteiger partial charge in [0.05, 0.1) is 33.6 Å². The van der Waals surface area contributed by atoms with Crippen LogP contribution in [-0.2, 0) is 4.74 Å². The average Bonchev–Trinajstić information content (AvgIpc) is 3.22. The zero-order valence-electron chi connectivity index (χ0n) is 18.6. The summed E-state index contributed by atoms with van der Waals surface area (Å²) in [5, 5.41) is 10.6. The van der Waals surface area contributed by atoms with Crippen LogP contribution < -0.4 is 10.5 Å². The Morgan fingerprint density at radius 1 is 1.18 bits per heavy atom. The lowest BCUT2D eigenvalue weighted by Gasteiger charge is -2.36. The van der Waals surface area contributed by atoms with Gasteiger partial charge in [0, 0.05) is 19.3 Å². The molecule has 3 aromatic heterocycles. The van der Waals surface area contributed by atoms with Gasteiger partial charge in [0.1, 0.15) is 22.5 Å². The van der Waals surface area contributed by atoms with E-state index >= 15 is 0 Å². The van der Waals surface area contributed by atoms with E-state index in [9.17, 15) is 10.1 Å². The lowest BCUT2D eigenvalue weighted by atomic mass is 10.1. The van der Waals surface area contributed by atoms with Crippen LogP contribution in [0.1, 0.15) is 30.0 Å². The highest BCUT2D eigenvalue weighted by Gasteiger charge is 2.27. The molecule has 0 spiro atoms. The highest BCUT2D eigenvalue weighted by molar-refractivity contribution is 7.19. The number of thiazole rings is 1. The molecular weight excluding hydrogens is 434 g/mol. The first-order chi connectivity index (χ1) is 15.9. The highest BCUT2D eigenvalue weighted by atomic mass is 32.1. The number of ether oxygens (including phenoxy) is 1. The van der Waals surface area contributed by atoms with Crippen LogP contribution in [0, 0.1) is 18.3 Å². The Labute approximate surface area is 195 Å². The maximum Gasteiger partial charge on any atom is 0.267 e. The molecule has 7 nitrogen and oxygen atoms in total. The van der Waals surface area contributed by atoms with Crippen LogP contribution >= 0.6 is 11.3 Å². The van der Waals surface area contributed by atoms with E-state index in [2.05, 4.69) is 16.0 Å². The van der Waals surface area contributed by atoms with Crippen molar-refractivity contribution in [3.05, 3.63) is 69.1 Å². The number of benzene rings is 1. The maximum absolute atomic E-state index is 13.7. The van der Waals surface area contributed by atoms with Crippen molar-refractivity contribution in [3.63, 3.8) is 0 Å². The molecule has 1 saturated heterocycles. The number of aromatic nitrogens is 3. The van der Waals surface area contributed by atoms with E-state index in [1.807, 2.05) is 57.2 Å². The van der Waals surface area contributed by atoms with E-state index in [1.165, 1.54) is 11.3 Å². The van der Waals surface area contributed by atoms with Crippen molar-refractivity contribution < 1.29 is 4.74 Å². The lowest BCUT2D eigenvalue weighted by molar-refractivity contribution is -0.00546. The third-order valence-corrected chi connectivity index (χ3v) is 6.79. The molecule has 33 heavy (non-hydrogen) atoms. The Kier molecular flexibility index (Phi) is 5.44. The number of nitriles is 1. The normalized spacial score (nSPS) is 19.2. The topological polar surface area (TPSA) is 83.5 Å². The summed E-state index contributed by atoms with van der Waals surface area (Å²) < 4.78 is 8.44. The van der Waals surface area contributed by atoms with Gasteiger partial charge in [-0.1, -0.05) is 18.2 Å². The largest absolute Gasteiger partial charge is 0.372 e. The number of fused-ring (bicyclic) bond motifs is 2. The van der Waals surface area contributed by atoms with Gasteiger partial charge in [0.25, 0.3) is 5.56 Å². The minimum absolute atomic E-state index is 0.00222. The number of pyridine rings is 1. The summed E-state index contributed by atoms with van der Waals surface area (Å²) in [7, 11) is 0. The van der Waals surface area contributed by atoms with Crippen LogP contribution in [0.3, 0.4) is 0 Å². The average molecular weight is 458 g/mol. The monoisotopic (exact) mass is 457 g/mol. The Hall–Kier alpha value is -3.54. The summed E-state index contributed by atoms with van der Waals surface area (Å²) in [6, 6.07) is 13.8. The van der Waals surface area contributed by atoms with Gasteiger partial charge < -0.3 is 9.64 Å². The first-order valence-electron chi connectivity index (χ1n) is 10.8. The molecule has 2 atom stereocenters. The molecule has 166 valence electrons. The summed E-state index contributed by atoms with van der Waals surface area (Å²) in [4.78, 5) is 25.3. The molecule has 0 unspecified atom stereocenters. The van der Waals surface area contributed by atoms with Crippen molar-refractivity contribution in [1.82, 2.24) is 14.4 Å². The molecule has 1 aliphatic rings. The van der Waals surface area contributed by atoms with Crippen LogP contribution in [-0.4, -0.2) is 39.7 Å². The molecule has 5 rings (SSSR count). The number of anilines is 1. The smallest absolute Gasteiger partial charge is 0.267 e. The number of para-hydroxylation sites is 1. The molecule has 4 aromatic rings. The number of rotatable bonds is 3. The summed E-state index contributed by atoms with van der Waals surface area (Å²) in [6.45, 7) is 7.19. The molecule has 0 radical (unpaired) electrons. The second-order valence-electron chi connectivity index (χ2n) is 8.36. The molecule has 0 bridgehead atoms. The Bertz CT molecular complexity index is 1450. The van der Waals surface area contributed by atoms with Gasteiger partial charge in [-0.3, -0.25) is 9.20 Å². The van der Waals surface area contributed by atoms with Crippen molar-refractivity contribution in [2.75, 3.05) is 18.0 Å². The minimum Gasteiger partial charge on any atom is -0.372 e. The van der Waals surface area contributed by atoms with Crippen molar-refractivity contribution in [2.45, 2.75) is 33.0 Å². The number of allylic oxidation sites excluding steroid dienone is 1. The van der Waals surface area contributed by atoms with Crippen molar-refractivity contribution in [1.29, 1.82) is 5.26 Å². The fourth-order valence-corrected chi connectivity index (χ4v) is 5.22. The third kappa shape index (κ3) is 3.90. The van der Waals surface area contributed by atoms with E-state index in [0.717, 1.165) is 15.8 Å². The first kappa shape index (κ1) is 21.3. The van der Waals surface area contributed by atoms with Gasteiger partial charge in [0.15, 0.2) is 0 Å². The van der Waals surface area contributed by atoms with E-state index < -0.39 is 0 Å². The van der Waals surface area contributed by atoms with Crippen molar-refractivity contribution >= 4 is 44.7 Å². The van der Waals surface area contributed by atoms with Crippen LogP contribution in [0.4, 0.5) is 5.82 Å². The predicted octanol–water partition coefficient (Wildman–Crippen LogP) is 4.29. The summed E-state index contributed by atoms with van der Waals surface area (Å²) in [6.07, 6.45) is 3.36. The van der Waals surface area contributed by atoms with Gasteiger partial charge >= 0.3 is 0 Å². The number of aryl methyl sites for hydroxylation is 1. The van der Waals surface area contributed by atoms with Gasteiger partial charge in [0.2, 0.25) is 0 Å². The minimum atomic E-state index is -0.209. The van der Waals surface area contributed by atoms with Crippen LogP contribution in [0.15, 0.2) is 47.4 Å². The molecule has 1 fully saturated rings. The van der Waals surface area contributed by atoms with E-state index in [-0.39, 0.29) is 17.8 Å². The van der Waals surface area contributed by atoms with E-state index in [0.29, 0.717) is 40.7 Å². The highest BCUT2D eigenvalue weighted by Crippen LogP contribution is 2.30. The molecule has 4 heterocycles. The second-order valence-corrected chi connectivity index (χ2v) is 9.39. The van der Waals surface area contributed by atoms with Gasteiger partial charge in [-0.05, 0) is 50.6 Å². The second kappa shape index (κ2) is 8.43.